The third kappa shape index (κ3) is 5.87. The predicted octanol–water partition coefficient (Wildman–Crippen LogP) is 15.5. The molecule has 2 heterocycles. The molecule has 9 aromatic carbocycles. The van der Waals surface area contributed by atoms with Gasteiger partial charge in [0.1, 0.15) is 5.69 Å². The highest BCUT2D eigenvalue weighted by atomic mass is 16.5. The SMILES string of the molecule is [2H]c1c([2H])c([2H])c(-c2ccc(N(c3ccc(-c4ccccc4)cc3)c3ccc(-c4cccc(-c5ccc6c7c5Oc5ccccc5N7c5ccccc5O6)c4)cc3)cc2)c([2H])c1[2H]. The Morgan fingerprint density at radius 1 is 0.379 bits per heavy atom. The molecule has 0 unspecified atom stereocenters. The zero-order valence-electron chi connectivity index (χ0n) is 36.1. The lowest BCUT2D eigenvalue weighted by Gasteiger charge is -2.38. The van der Waals surface area contributed by atoms with Gasteiger partial charge in [0.15, 0.2) is 23.0 Å². The van der Waals surface area contributed by atoms with Crippen molar-refractivity contribution in [1.82, 2.24) is 0 Å². The molecular formula is C54H36N2O2. The third-order valence-corrected chi connectivity index (χ3v) is 10.7. The van der Waals surface area contributed by atoms with Crippen molar-refractivity contribution in [2.45, 2.75) is 0 Å². The van der Waals surface area contributed by atoms with E-state index in [9.17, 15) is 0 Å². The van der Waals surface area contributed by atoms with Crippen molar-refractivity contribution in [2.75, 3.05) is 9.80 Å². The Balaban J connectivity index is 0.958. The summed E-state index contributed by atoms with van der Waals surface area (Å²) in [5.74, 6) is 3.03. The van der Waals surface area contributed by atoms with E-state index in [0.29, 0.717) is 5.56 Å². The van der Waals surface area contributed by atoms with E-state index in [1.54, 1.807) is 0 Å². The minimum atomic E-state index is -0.410. The van der Waals surface area contributed by atoms with E-state index in [2.05, 4.69) is 113 Å². The number of hydrogen-bond donors (Lipinski definition) is 0. The van der Waals surface area contributed by atoms with E-state index in [4.69, 9.17) is 16.3 Å². The van der Waals surface area contributed by atoms with E-state index in [1.165, 1.54) is 0 Å². The van der Waals surface area contributed by atoms with Crippen molar-refractivity contribution >= 4 is 34.1 Å². The number of fused-ring (bicyclic) bond motifs is 4. The molecular weight excluding hydrogens is 709 g/mol. The van der Waals surface area contributed by atoms with E-state index in [1.807, 2.05) is 84.9 Å². The Labute approximate surface area is 345 Å². The van der Waals surface area contributed by atoms with Gasteiger partial charge in [-0.1, -0.05) is 139 Å². The molecule has 0 fully saturated rings. The van der Waals surface area contributed by atoms with Gasteiger partial charge in [-0.2, -0.15) is 0 Å². The number of nitrogens with zero attached hydrogens (tertiary/aromatic N) is 2. The first-order chi connectivity index (χ1) is 30.8. The lowest BCUT2D eigenvalue weighted by molar-refractivity contribution is 0.447. The predicted molar refractivity (Wildman–Crippen MR) is 238 cm³/mol. The Hall–Kier alpha value is -7.82. The van der Waals surface area contributed by atoms with E-state index in [-0.39, 0.29) is 29.7 Å². The van der Waals surface area contributed by atoms with Gasteiger partial charge in [-0.15, -0.1) is 0 Å². The molecule has 0 saturated carbocycles. The molecule has 11 rings (SSSR count). The van der Waals surface area contributed by atoms with Crippen molar-refractivity contribution in [3.8, 4) is 67.5 Å². The number of anilines is 6. The fraction of sp³-hybridized carbons (Fsp3) is 0. The molecule has 2 aliphatic rings. The first-order valence-electron chi connectivity index (χ1n) is 21.7. The van der Waals surface area contributed by atoms with E-state index < -0.39 is 6.04 Å². The highest BCUT2D eigenvalue weighted by molar-refractivity contribution is 5.97. The zero-order valence-corrected chi connectivity index (χ0v) is 31.1. The monoisotopic (exact) mass is 749 g/mol. The Bertz CT molecular complexity index is 3190. The fourth-order valence-corrected chi connectivity index (χ4v) is 7.95. The van der Waals surface area contributed by atoms with E-state index >= 15 is 0 Å². The number of hydrogen-bond acceptors (Lipinski definition) is 4. The van der Waals surface area contributed by atoms with Crippen molar-refractivity contribution in [3.63, 3.8) is 0 Å². The standard InChI is InChI=1S/C54H36N2O2/c1-3-12-37(13-4-1)39-22-28-44(29-23-39)55(45-30-24-40(25-31-45)38-14-5-2-6-15-38)46-32-26-41(27-33-46)42-16-11-17-43(36-42)47-34-35-52-53-54(47)58-51-21-10-8-19-49(51)56(53)48-18-7-9-20-50(48)57-52/h1-36H/i1D,3D,4D,12D,13D. The summed E-state index contributed by atoms with van der Waals surface area (Å²) >= 11 is 0. The molecule has 0 aromatic heterocycles. The summed E-state index contributed by atoms with van der Waals surface area (Å²) in [6, 6.07) is 61.7. The summed E-state index contributed by atoms with van der Waals surface area (Å²) in [5, 5.41) is 0. The van der Waals surface area contributed by atoms with Crippen LogP contribution in [0.3, 0.4) is 0 Å². The minimum Gasteiger partial charge on any atom is -0.453 e. The second-order valence-electron chi connectivity index (χ2n) is 14.2. The summed E-state index contributed by atoms with van der Waals surface area (Å²) in [5.41, 5.74) is 12.5. The molecule has 274 valence electrons. The number of ether oxygens (including phenoxy) is 2. The van der Waals surface area contributed by atoms with Gasteiger partial charge in [0.2, 0.25) is 0 Å². The summed E-state index contributed by atoms with van der Waals surface area (Å²) in [7, 11) is 0. The fourth-order valence-electron chi connectivity index (χ4n) is 7.95. The summed E-state index contributed by atoms with van der Waals surface area (Å²) in [6.07, 6.45) is 0. The first kappa shape index (κ1) is 28.6. The van der Waals surface area contributed by atoms with Gasteiger partial charge in [-0.25, -0.2) is 0 Å². The molecule has 0 spiro atoms. The number of para-hydroxylation sites is 4. The van der Waals surface area contributed by atoms with Crippen LogP contribution >= 0.6 is 0 Å². The van der Waals surface area contributed by atoms with Crippen LogP contribution < -0.4 is 19.3 Å². The van der Waals surface area contributed by atoms with Crippen LogP contribution in [-0.2, 0) is 0 Å². The van der Waals surface area contributed by atoms with Gasteiger partial charge >= 0.3 is 0 Å². The van der Waals surface area contributed by atoms with Crippen molar-refractivity contribution in [2.24, 2.45) is 0 Å². The lowest BCUT2D eigenvalue weighted by Crippen LogP contribution is -2.20. The second kappa shape index (κ2) is 14.0. The van der Waals surface area contributed by atoms with Crippen molar-refractivity contribution < 1.29 is 16.3 Å². The molecule has 0 bridgehead atoms. The van der Waals surface area contributed by atoms with E-state index in [0.717, 1.165) is 90.5 Å². The maximum Gasteiger partial charge on any atom is 0.163 e. The average molecular weight is 750 g/mol. The minimum absolute atomic E-state index is 0.171. The molecule has 0 amide bonds. The van der Waals surface area contributed by atoms with Crippen molar-refractivity contribution in [3.05, 3.63) is 218 Å². The largest absolute Gasteiger partial charge is 0.453 e. The molecule has 4 heteroatoms. The van der Waals surface area contributed by atoms with Crippen LogP contribution in [-0.4, -0.2) is 0 Å². The molecule has 0 atom stereocenters. The second-order valence-corrected chi connectivity index (χ2v) is 14.2. The average Bonchev–Trinajstić information content (AvgIpc) is 3.34. The van der Waals surface area contributed by atoms with Crippen LogP contribution in [0.1, 0.15) is 6.85 Å². The Kier molecular flexibility index (Phi) is 6.91. The van der Waals surface area contributed by atoms with Gasteiger partial charge in [0.05, 0.1) is 18.2 Å². The first-order valence-corrected chi connectivity index (χ1v) is 19.2. The molecule has 0 N–H and O–H groups in total. The van der Waals surface area contributed by atoms with Gasteiger partial charge < -0.3 is 14.4 Å². The van der Waals surface area contributed by atoms with Gasteiger partial charge in [0.25, 0.3) is 0 Å². The summed E-state index contributed by atoms with van der Waals surface area (Å²) in [4.78, 5) is 4.39. The molecule has 0 saturated heterocycles. The quantitative estimate of drug-likeness (QED) is 0.162. The van der Waals surface area contributed by atoms with Gasteiger partial charge in [0, 0.05) is 22.6 Å². The van der Waals surface area contributed by atoms with Crippen molar-refractivity contribution in [1.29, 1.82) is 0 Å². The maximum atomic E-state index is 8.55. The number of rotatable bonds is 7. The Morgan fingerprint density at radius 3 is 1.52 bits per heavy atom. The highest BCUT2D eigenvalue weighted by Gasteiger charge is 2.36. The van der Waals surface area contributed by atoms with Crippen LogP contribution in [0.5, 0.6) is 23.0 Å². The zero-order chi connectivity index (χ0) is 42.8. The summed E-state index contributed by atoms with van der Waals surface area (Å²) < 4.78 is 54.7. The van der Waals surface area contributed by atoms with Crippen LogP contribution in [0.25, 0.3) is 44.5 Å². The number of benzene rings is 9. The molecule has 0 aliphatic carbocycles. The lowest BCUT2D eigenvalue weighted by atomic mass is 9.96. The molecule has 4 nitrogen and oxygen atoms in total. The summed E-state index contributed by atoms with van der Waals surface area (Å²) in [6.45, 7) is 0. The molecule has 9 aromatic rings. The van der Waals surface area contributed by atoms with Crippen LogP contribution in [0.4, 0.5) is 34.1 Å². The molecule has 2 aliphatic heterocycles. The van der Waals surface area contributed by atoms with Gasteiger partial charge in [-0.3, -0.25) is 4.90 Å². The van der Waals surface area contributed by atoms with Crippen LogP contribution in [0.2, 0.25) is 0 Å². The topological polar surface area (TPSA) is 24.9 Å². The van der Waals surface area contributed by atoms with Gasteiger partial charge in [-0.05, 0) is 118 Å². The Morgan fingerprint density at radius 2 is 0.879 bits per heavy atom. The third-order valence-electron chi connectivity index (χ3n) is 10.7. The maximum absolute atomic E-state index is 8.55. The normalized spacial score (nSPS) is 13.2. The highest BCUT2D eigenvalue weighted by Crippen LogP contribution is 2.61. The van der Waals surface area contributed by atoms with Crippen LogP contribution in [0.15, 0.2) is 218 Å². The molecule has 0 radical (unpaired) electrons. The smallest absolute Gasteiger partial charge is 0.163 e. The molecule has 58 heavy (non-hydrogen) atoms. The van der Waals surface area contributed by atoms with Crippen LogP contribution in [0, 0.1) is 0 Å².